The number of nitrogens with zero attached hydrogens (tertiary/aromatic N) is 2. The fourth-order valence-corrected chi connectivity index (χ4v) is 3.66. The summed E-state index contributed by atoms with van der Waals surface area (Å²) < 4.78 is 28.2. The number of hydrogen-bond acceptors (Lipinski definition) is 5. The lowest BCUT2D eigenvalue weighted by Crippen LogP contribution is -2.47. The number of piperidine rings is 1. The van der Waals surface area contributed by atoms with Crippen molar-refractivity contribution in [3.63, 3.8) is 0 Å². The lowest BCUT2D eigenvalue weighted by molar-refractivity contribution is -0.121. The van der Waals surface area contributed by atoms with Crippen LogP contribution in [0.25, 0.3) is 0 Å². The van der Waals surface area contributed by atoms with Crippen LogP contribution in [-0.4, -0.2) is 49.0 Å². The Hall–Kier alpha value is -1.45. The van der Waals surface area contributed by atoms with E-state index in [1.165, 1.54) is 6.20 Å². The fourth-order valence-electron chi connectivity index (χ4n) is 2.59. The number of carbonyl (C=O) groups is 1. The molecule has 1 aromatic rings. The second kappa shape index (κ2) is 7.41. The molecule has 1 fully saturated rings. The summed E-state index contributed by atoms with van der Waals surface area (Å²) in [5.41, 5.74) is 0. The summed E-state index contributed by atoms with van der Waals surface area (Å²) in [7, 11) is -1.94. The zero-order chi connectivity index (χ0) is 17.0. The van der Waals surface area contributed by atoms with E-state index in [4.69, 9.17) is 0 Å². The molecule has 0 spiro atoms. The first-order valence-corrected chi connectivity index (χ1v) is 9.28. The summed E-state index contributed by atoms with van der Waals surface area (Å²) in [6, 6.07) is 0.550. The maximum Gasteiger partial charge on any atom is 0.259 e. The van der Waals surface area contributed by atoms with Crippen molar-refractivity contribution < 1.29 is 13.2 Å². The molecule has 1 saturated heterocycles. The quantitative estimate of drug-likeness (QED) is 0.655. The first kappa shape index (κ1) is 17.9. The third kappa shape index (κ3) is 5.02. The smallest absolute Gasteiger partial charge is 0.259 e. The van der Waals surface area contributed by atoms with Gasteiger partial charge in [-0.2, -0.15) is 0 Å². The zero-order valence-corrected chi connectivity index (χ0v) is 14.6. The van der Waals surface area contributed by atoms with Crippen LogP contribution in [0.15, 0.2) is 11.2 Å². The van der Waals surface area contributed by atoms with Crippen LogP contribution in [0, 0.1) is 6.92 Å². The molecule has 0 aromatic carbocycles. The fraction of sp³-hybridized carbons (Fsp3) is 0.714. The molecule has 1 aromatic heterocycles. The maximum atomic E-state index is 12.1. The van der Waals surface area contributed by atoms with Crippen LogP contribution in [0.2, 0.25) is 0 Å². The molecule has 3 N–H and O–H groups in total. The number of sulfonamides is 1. The molecule has 8 nitrogen and oxygen atoms in total. The molecule has 1 aliphatic heterocycles. The first-order chi connectivity index (χ1) is 10.8. The minimum Gasteiger partial charge on any atom is -0.353 e. The number of amides is 1. The molecular formula is C14H25N5O3S. The van der Waals surface area contributed by atoms with Gasteiger partial charge in [0.25, 0.3) is 10.0 Å². The lowest BCUT2D eigenvalue weighted by Gasteiger charge is -2.28. The highest BCUT2D eigenvalue weighted by Crippen LogP contribution is 2.09. The molecule has 2 unspecified atom stereocenters. The standard InChI is InChI=1S/C14H25N5O3S/c1-10-8-12(4-6-15-10)18-13(20)5-7-16-23(21,22)14-9-19(3)11(2)17-14/h9-10,12,15-16H,4-8H2,1-3H3,(H,18,20). The molecular weight excluding hydrogens is 318 g/mol. The van der Waals surface area contributed by atoms with E-state index < -0.39 is 10.0 Å². The monoisotopic (exact) mass is 343 g/mol. The predicted octanol–water partition coefficient (Wildman–Crippen LogP) is -0.346. The highest BCUT2D eigenvalue weighted by Gasteiger charge is 2.21. The van der Waals surface area contributed by atoms with Gasteiger partial charge in [-0.25, -0.2) is 18.1 Å². The molecule has 130 valence electrons. The van der Waals surface area contributed by atoms with Crippen LogP contribution in [0.4, 0.5) is 0 Å². The van der Waals surface area contributed by atoms with Gasteiger partial charge in [0.15, 0.2) is 5.03 Å². The summed E-state index contributed by atoms with van der Waals surface area (Å²) in [5.74, 6) is 0.479. The van der Waals surface area contributed by atoms with Gasteiger partial charge < -0.3 is 15.2 Å². The first-order valence-electron chi connectivity index (χ1n) is 7.80. The minimum atomic E-state index is -3.67. The predicted molar refractivity (Wildman–Crippen MR) is 86.4 cm³/mol. The van der Waals surface area contributed by atoms with E-state index in [2.05, 4.69) is 27.3 Å². The van der Waals surface area contributed by atoms with Crippen LogP contribution >= 0.6 is 0 Å². The molecule has 1 amide bonds. The van der Waals surface area contributed by atoms with Crippen LogP contribution < -0.4 is 15.4 Å². The van der Waals surface area contributed by atoms with E-state index >= 15 is 0 Å². The van der Waals surface area contributed by atoms with Crippen molar-refractivity contribution in [3.8, 4) is 0 Å². The maximum absolute atomic E-state index is 12.1. The Labute approximate surface area is 137 Å². The number of carbonyl (C=O) groups excluding carboxylic acids is 1. The summed E-state index contributed by atoms with van der Waals surface area (Å²) in [4.78, 5) is 15.9. The Morgan fingerprint density at radius 2 is 2.26 bits per heavy atom. The zero-order valence-electron chi connectivity index (χ0n) is 13.8. The van der Waals surface area contributed by atoms with Gasteiger partial charge in [0.05, 0.1) is 0 Å². The van der Waals surface area contributed by atoms with Gasteiger partial charge in [-0.3, -0.25) is 4.79 Å². The van der Waals surface area contributed by atoms with E-state index in [0.29, 0.717) is 11.9 Å². The highest BCUT2D eigenvalue weighted by molar-refractivity contribution is 7.89. The van der Waals surface area contributed by atoms with Crippen molar-refractivity contribution in [2.75, 3.05) is 13.1 Å². The average Bonchev–Trinajstić information content (AvgIpc) is 2.79. The third-order valence-electron chi connectivity index (χ3n) is 3.99. The van der Waals surface area contributed by atoms with Gasteiger partial charge in [-0.1, -0.05) is 0 Å². The van der Waals surface area contributed by atoms with Gasteiger partial charge in [0.2, 0.25) is 5.91 Å². The van der Waals surface area contributed by atoms with Gasteiger partial charge in [0.1, 0.15) is 5.82 Å². The van der Waals surface area contributed by atoms with E-state index in [1.807, 2.05) is 0 Å². The van der Waals surface area contributed by atoms with Crippen molar-refractivity contribution in [2.24, 2.45) is 7.05 Å². The van der Waals surface area contributed by atoms with Crippen LogP contribution in [0.5, 0.6) is 0 Å². The van der Waals surface area contributed by atoms with Gasteiger partial charge >= 0.3 is 0 Å². The van der Waals surface area contributed by atoms with Gasteiger partial charge in [-0.15, -0.1) is 0 Å². The number of hydrogen-bond donors (Lipinski definition) is 3. The van der Waals surface area contributed by atoms with Crippen molar-refractivity contribution >= 4 is 15.9 Å². The van der Waals surface area contributed by atoms with Gasteiger partial charge in [0, 0.05) is 38.3 Å². The number of nitrogens with one attached hydrogen (secondary N) is 3. The summed E-state index contributed by atoms with van der Waals surface area (Å²) in [5, 5.41) is 6.25. The van der Waals surface area contributed by atoms with E-state index in [9.17, 15) is 13.2 Å². The summed E-state index contributed by atoms with van der Waals surface area (Å²) in [6.07, 6.45) is 3.36. The number of imidazole rings is 1. The number of rotatable bonds is 6. The topological polar surface area (TPSA) is 105 Å². The van der Waals surface area contributed by atoms with E-state index in [0.717, 1.165) is 19.4 Å². The van der Waals surface area contributed by atoms with Crippen molar-refractivity contribution in [2.45, 2.75) is 50.2 Å². The van der Waals surface area contributed by atoms with Crippen molar-refractivity contribution in [1.29, 1.82) is 0 Å². The summed E-state index contributed by atoms with van der Waals surface area (Å²) >= 11 is 0. The van der Waals surface area contributed by atoms with Gasteiger partial charge in [-0.05, 0) is 33.2 Å². The molecule has 0 radical (unpaired) electrons. The molecule has 2 rings (SSSR count). The normalized spacial score (nSPS) is 22.0. The summed E-state index contributed by atoms with van der Waals surface area (Å²) in [6.45, 7) is 4.76. The van der Waals surface area contributed by atoms with Crippen LogP contribution in [-0.2, 0) is 21.9 Å². The molecule has 0 bridgehead atoms. The Morgan fingerprint density at radius 3 is 2.87 bits per heavy atom. The SMILES string of the molecule is Cc1nc(S(=O)(=O)NCCC(=O)NC2CCNC(C)C2)cn1C. The molecule has 1 aliphatic rings. The minimum absolute atomic E-state index is 0.0231. The Balaban J connectivity index is 1.78. The molecule has 0 saturated carbocycles. The van der Waals surface area contributed by atoms with Crippen molar-refractivity contribution in [1.82, 2.24) is 24.9 Å². The second-order valence-electron chi connectivity index (χ2n) is 6.03. The molecule has 9 heteroatoms. The molecule has 0 aliphatic carbocycles. The Kier molecular flexibility index (Phi) is 5.77. The largest absolute Gasteiger partial charge is 0.353 e. The average molecular weight is 343 g/mol. The van der Waals surface area contributed by atoms with Crippen molar-refractivity contribution in [3.05, 3.63) is 12.0 Å². The Morgan fingerprint density at radius 1 is 1.52 bits per heavy atom. The van der Waals surface area contributed by atoms with E-state index in [-0.39, 0.29) is 29.9 Å². The lowest BCUT2D eigenvalue weighted by atomic mass is 10.0. The number of aromatic nitrogens is 2. The van der Waals surface area contributed by atoms with Crippen LogP contribution in [0.1, 0.15) is 32.0 Å². The number of aryl methyl sites for hydroxylation is 2. The molecule has 2 heterocycles. The van der Waals surface area contributed by atoms with E-state index in [1.54, 1.807) is 18.5 Å². The Bertz CT molecular complexity index is 636. The molecule has 2 atom stereocenters. The highest BCUT2D eigenvalue weighted by atomic mass is 32.2. The molecule has 23 heavy (non-hydrogen) atoms. The second-order valence-corrected chi connectivity index (χ2v) is 7.74. The third-order valence-corrected chi connectivity index (χ3v) is 5.33. The van der Waals surface area contributed by atoms with Crippen LogP contribution in [0.3, 0.4) is 0 Å².